The molecule has 0 saturated carbocycles. The number of carbonyl (C=O) groups excluding carboxylic acids is 1. The van der Waals surface area contributed by atoms with Gasteiger partial charge in [0, 0.05) is 22.9 Å². The van der Waals surface area contributed by atoms with Crippen molar-refractivity contribution in [2.24, 2.45) is 0 Å². The second-order valence-electron chi connectivity index (χ2n) is 8.54. The molecule has 0 amide bonds. The van der Waals surface area contributed by atoms with Crippen LogP contribution in [0, 0.1) is 0 Å². The van der Waals surface area contributed by atoms with Gasteiger partial charge in [0.1, 0.15) is 5.76 Å². The highest BCUT2D eigenvalue weighted by molar-refractivity contribution is 6.61. The van der Waals surface area contributed by atoms with E-state index in [2.05, 4.69) is 9.97 Å². The zero-order valence-electron chi connectivity index (χ0n) is 20.1. The maximum atomic E-state index is 15.3. The number of carbonyl (C=O) groups is 2. The first-order chi connectivity index (χ1) is 18.5. The number of halogens is 1. The average molecular weight is 504 g/mol. The highest BCUT2D eigenvalue weighted by Gasteiger charge is 2.25. The van der Waals surface area contributed by atoms with Crippen LogP contribution in [0.3, 0.4) is 0 Å². The molecule has 186 valence electrons. The Kier molecular flexibility index (Phi) is 7.04. The molecule has 0 aliphatic carbocycles. The van der Waals surface area contributed by atoms with E-state index in [0.29, 0.717) is 11.4 Å². The summed E-state index contributed by atoms with van der Waals surface area (Å²) in [5.74, 6) is -1.62. The lowest BCUT2D eigenvalue weighted by atomic mass is 9.81. The molecule has 0 radical (unpaired) electrons. The van der Waals surface area contributed by atoms with Gasteiger partial charge in [0.2, 0.25) is 5.78 Å². The number of carboxylic acid groups (broad SMARTS) is 1. The maximum Gasteiger partial charge on any atom is 0.601 e. The van der Waals surface area contributed by atoms with Gasteiger partial charge in [-0.25, -0.2) is 4.79 Å². The third-order valence-electron chi connectivity index (χ3n) is 5.96. The van der Waals surface area contributed by atoms with Crippen molar-refractivity contribution in [2.45, 2.75) is 0 Å². The molecule has 2 aromatic heterocycles. The van der Waals surface area contributed by atoms with Gasteiger partial charge in [0.25, 0.3) is 0 Å². The minimum Gasteiger partial charge on any atom is -0.528 e. The molecule has 0 bridgehead atoms. The number of aromatic nitrogens is 2. The first-order valence-electron chi connectivity index (χ1n) is 11.9. The summed E-state index contributed by atoms with van der Waals surface area (Å²) in [5.41, 5.74) is 4.01. The Morgan fingerprint density at radius 3 is 1.92 bits per heavy atom. The molecule has 0 saturated heterocycles. The van der Waals surface area contributed by atoms with E-state index in [1.165, 1.54) is 30.3 Å². The molecule has 3 aromatic carbocycles. The number of allylic oxidation sites excluding steroid dienone is 1. The smallest absolute Gasteiger partial charge is 0.528 e. The largest absolute Gasteiger partial charge is 0.601 e. The van der Waals surface area contributed by atoms with Crippen LogP contribution in [0.2, 0.25) is 0 Å². The van der Waals surface area contributed by atoms with Crippen LogP contribution >= 0.6 is 0 Å². The summed E-state index contributed by atoms with van der Waals surface area (Å²) in [5, 5.41) is 9.26. The van der Waals surface area contributed by atoms with Gasteiger partial charge in [-0.3, -0.25) is 9.11 Å². The number of ketones is 1. The van der Waals surface area contributed by atoms with E-state index >= 15 is 4.32 Å². The number of carboxylic acids is 1. The van der Waals surface area contributed by atoms with Crippen molar-refractivity contribution in [1.29, 1.82) is 0 Å². The topological polar surface area (TPSA) is 95.2 Å². The predicted octanol–water partition coefficient (Wildman–Crippen LogP) is 5.98. The number of H-pyrrole nitrogens is 2. The van der Waals surface area contributed by atoms with Crippen LogP contribution in [-0.2, 0) is 4.65 Å². The van der Waals surface area contributed by atoms with Crippen LogP contribution in [0.25, 0.3) is 28.3 Å². The second kappa shape index (κ2) is 10.9. The van der Waals surface area contributed by atoms with E-state index in [1.807, 2.05) is 66.7 Å². The lowest BCUT2D eigenvalue weighted by Crippen LogP contribution is -2.29. The molecule has 38 heavy (non-hydrogen) atoms. The van der Waals surface area contributed by atoms with Gasteiger partial charge >= 0.3 is 13.2 Å². The Labute approximate surface area is 218 Å². The normalized spacial score (nSPS) is 11.2. The molecule has 0 aliphatic rings. The van der Waals surface area contributed by atoms with Crippen LogP contribution < -0.4 is 5.46 Å². The summed E-state index contributed by atoms with van der Waals surface area (Å²) in [7, 11) is -2.01. The van der Waals surface area contributed by atoms with Crippen molar-refractivity contribution < 1.29 is 23.7 Å². The number of nitrogens with one attached hydrogen (secondary N) is 2. The predicted molar refractivity (Wildman–Crippen MR) is 146 cm³/mol. The summed E-state index contributed by atoms with van der Waals surface area (Å²) >= 11 is 0. The monoisotopic (exact) mass is 504 g/mol. The number of hydrogen-bond acceptors (Lipinski definition) is 3. The Morgan fingerprint density at radius 2 is 1.32 bits per heavy atom. The molecular formula is C30H22BFN2O4. The van der Waals surface area contributed by atoms with E-state index in [-0.39, 0.29) is 16.8 Å². The van der Waals surface area contributed by atoms with Crippen LogP contribution in [0.5, 0.6) is 0 Å². The lowest BCUT2D eigenvalue weighted by molar-refractivity contribution is 0.0696. The summed E-state index contributed by atoms with van der Waals surface area (Å²) in [6.45, 7) is 0. The van der Waals surface area contributed by atoms with Crippen LogP contribution in [0.15, 0.2) is 115 Å². The van der Waals surface area contributed by atoms with Gasteiger partial charge < -0.3 is 19.7 Å². The molecule has 5 rings (SSSR count). The van der Waals surface area contributed by atoms with E-state index < -0.39 is 18.9 Å². The molecule has 3 N–H and O–H groups in total. The maximum absolute atomic E-state index is 15.3. The van der Waals surface area contributed by atoms with Gasteiger partial charge in [-0.15, -0.1) is 0 Å². The fraction of sp³-hybridized carbons (Fsp3) is 0. The third-order valence-corrected chi connectivity index (χ3v) is 5.96. The van der Waals surface area contributed by atoms with E-state index in [4.69, 9.17) is 4.65 Å². The molecule has 0 unspecified atom stereocenters. The quantitative estimate of drug-likeness (QED) is 0.0996. The molecule has 6 nitrogen and oxygen atoms in total. The third kappa shape index (κ3) is 5.49. The van der Waals surface area contributed by atoms with Crippen LogP contribution in [-0.4, -0.2) is 34.0 Å². The second-order valence-corrected chi connectivity index (χ2v) is 8.54. The van der Waals surface area contributed by atoms with Crippen molar-refractivity contribution in [3.05, 3.63) is 132 Å². The van der Waals surface area contributed by atoms with Crippen molar-refractivity contribution in [2.75, 3.05) is 0 Å². The van der Waals surface area contributed by atoms with Crippen molar-refractivity contribution in [1.82, 2.24) is 9.97 Å². The van der Waals surface area contributed by atoms with Gasteiger partial charge in [0.15, 0.2) is 0 Å². The zero-order chi connectivity index (χ0) is 26.5. The number of rotatable bonds is 9. The number of aromatic carboxylic acids is 1. The number of hydrogen-bond donors (Lipinski definition) is 3. The Bertz CT molecular complexity index is 1610. The fourth-order valence-electron chi connectivity index (χ4n) is 4.01. The van der Waals surface area contributed by atoms with Gasteiger partial charge in [-0.1, -0.05) is 72.8 Å². The van der Waals surface area contributed by atoms with Gasteiger partial charge in [-0.2, -0.15) is 0 Å². The molecule has 0 spiro atoms. The van der Waals surface area contributed by atoms with Crippen LogP contribution in [0.4, 0.5) is 4.32 Å². The Hall–Kier alpha value is -5.11. The van der Waals surface area contributed by atoms with Crippen molar-refractivity contribution >= 4 is 30.2 Å². The van der Waals surface area contributed by atoms with E-state index in [9.17, 15) is 14.7 Å². The standard InChI is InChI=1S/C30H22BFN2O4/c32-31(23-13-7-12-22(18-23)30(36)37)38-29(27-17-15-25(34-27)21-10-5-2-6-11-21)19-28(35)26-16-14-24(33-26)20-8-3-1-4-9-20/h1-19,33-34H,(H,36,37)/b29-19-. The number of aromatic amines is 2. The van der Waals surface area contributed by atoms with E-state index in [0.717, 1.165) is 22.5 Å². The minimum absolute atomic E-state index is 0.0179. The molecular weight excluding hydrogens is 482 g/mol. The highest BCUT2D eigenvalue weighted by Crippen LogP contribution is 2.25. The van der Waals surface area contributed by atoms with Gasteiger partial charge in [-0.05, 0) is 47.5 Å². The summed E-state index contributed by atoms with van der Waals surface area (Å²) < 4.78 is 21.0. The van der Waals surface area contributed by atoms with E-state index in [1.54, 1.807) is 18.2 Å². The van der Waals surface area contributed by atoms with Crippen molar-refractivity contribution in [3.63, 3.8) is 0 Å². The Morgan fingerprint density at radius 1 is 0.737 bits per heavy atom. The summed E-state index contributed by atoms with van der Waals surface area (Å²) in [6.07, 6.45) is 1.22. The molecule has 2 heterocycles. The fourth-order valence-corrected chi connectivity index (χ4v) is 4.01. The first-order valence-corrected chi connectivity index (χ1v) is 11.9. The van der Waals surface area contributed by atoms with Crippen molar-refractivity contribution in [3.8, 4) is 22.5 Å². The average Bonchev–Trinajstić information content (AvgIpc) is 3.65. The SMILES string of the molecule is O=C(O)c1cccc(B(F)O/C(=C\C(=O)c2ccc(-c3ccccc3)[nH]2)c2ccc(-c3ccccc3)[nH]2)c1. The highest BCUT2D eigenvalue weighted by atomic mass is 19.1. The first kappa shape index (κ1) is 24.6. The zero-order valence-corrected chi connectivity index (χ0v) is 20.1. The Balaban J connectivity index is 1.48. The lowest BCUT2D eigenvalue weighted by Gasteiger charge is -2.12. The molecule has 5 aromatic rings. The summed E-state index contributed by atoms with van der Waals surface area (Å²) in [4.78, 5) is 30.8. The molecule has 0 aliphatic heterocycles. The summed E-state index contributed by atoms with van der Waals surface area (Å²) in [6, 6.07) is 31.5. The molecule has 0 fully saturated rings. The minimum atomic E-state index is -2.01. The number of benzene rings is 3. The van der Waals surface area contributed by atoms with Crippen LogP contribution in [0.1, 0.15) is 26.5 Å². The van der Waals surface area contributed by atoms with Gasteiger partial charge in [0.05, 0.1) is 17.0 Å². The molecule has 8 heteroatoms. The molecule has 0 atom stereocenters.